The summed E-state index contributed by atoms with van der Waals surface area (Å²) in [6.45, 7) is 1.88. The van der Waals surface area contributed by atoms with E-state index in [4.69, 9.17) is 14.3 Å². The first kappa shape index (κ1) is 25.7. The van der Waals surface area contributed by atoms with Gasteiger partial charge in [-0.25, -0.2) is 0 Å². The van der Waals surface area contributed by atoms with Crippen LogP contribution in [0.5, 0.6) is 5.75 Å². The molecule has 32 heavy (non-hydrogen) atoms. The average molecular weight is 465 g/mol. The van der Waals surface area contributed by atoms with Crippen LogP contribution in [0, 0.1) is 10.1 Å². The summed E-state index contributed by atoms with van der Waals surface area (Å²) in [6, 6.07) is 11.2. The van der Waals surface area contributed by atoms with Gasteiger partial charge in [0.05, 0.1) is 25.5 Å². The van der Waals surface area contributed by atoms with E-state index in [1.54, 1.807) is 17.8 Å². The van der Waals surface area contributed by atoms with Crippen LogP contribution in [0.2, 0.25) is 0 Å². The van der Waals surface area contributed by atoms with Crippen LogP contribution in [0.3, 0.4) is 0 Å². The Morgan fingerprint density at radius 3 is 2.88 bits per heavy atom. The Bertz CT molecular complexity index is 856. The minimum absolute atomic E-state index is 0.0330. The third-order valence-corrected chi connectivity index (χ3v) is 5.22. The molecule has 9 nitrogen and oxygen atoms in total. The van der Waals surface area contributed by atoms with Crippen LogP contribution in [-0.2, 0) is 18.9 Å². The first-order valence-corrected chi connectivity index (χ1v) is 11.6. The second-order valence-corrected chi connectivity index (χ2v) is 8.52. The number of nitrogens with one attached hydrogen (secondary N) is 1. The van der Waals surface area contributed by atoms with Gasteiger partial charge in [-0.15, -0.1) is 0 Å². The number of aliphatic imine (C=N–C) groups is 1. The Labute approximate surface area is 193 Å². The highest BCUT2D eigenvalue weighted by Gasteiger charge is 2.07. The van der Waals surface area contributed by atoms with E-state index in [1.165, 1.54) is 0 Å². The van der Waals surface area contributed by atoms with Crippen LogP contribution in [0.1, 0.15) is 23.5 Å². The minimum Gasteiger partial charge on any atom is -0.494 e. The van der Waals surface area contributed by atoms with E-state index < -0.39 is 0 Å². The van der Waals surface area contributed by atoms with Crippen molar-refractivity contribution in [3.05, 3.63) is 63.6 Å². The molecule has 0 aliphatic rings. The number of hydrogen-bond acceptors (Lipinski definition) is 8. The molecule has 0 unspecified atom stereocenters. The lowest BCUT2D eigenvalue weighted by molar-refractivity contribution is -0.463. The van der Waals surface area contributed by atoms with Crippen molar-refractivity contribution >= 4 is 17.6 Å². The van der Waals surface area contributed by atoms with Crippen molar-refractivity contribution in [2.24, 2.45) is 4.99 Å². The lowest BCUT2D eigenvalue weighted by Gasteiger charge is -2.08. The largest absolute Gasteiger partial charge is 0.494 e. The van der Waals surface area contributed by atoms with Crippen molar-refractivity contribution < 1.29 is 19.2 Å². The zero-order valence-electron chi connectivity index (χ0n) is 18.7. The van der Waals surface area contributed by atoms with Gasteiger partial charge in [0.2, 0.25) is 0 Å². The number of thioether (sulfide) groups is 1. The zero-order valence-corrected chi connectivity index (χ0v) is 19.5. The fourth-order valence-electron chi connectivity index (χ4n) is 2.82. The molecule has 0 spiro atoms. The van der Waals surface area contributed by atoms with Crippen molar-refractivity contribution in [3.63, 3.8) is 0 Å². The Hall–Kier alpha value is -2.56. The molecule has 0 bridgehead atoms. The van der Waals surface area contributed by atoms with Crippen LogP contribution < -0.4 is 10.1 Å². The van der Waals surface area contributed by atoms with Gasteiger partial charge in [-0.2, -0.15) is 11.8 Å². The number of amidine groups is 1. The number of nitro groups is 1. The summed E-state index contributed by atoms with van der Waals surface area (Å²) < 4.78 is 11.4. The molecule has 1 aromatic heterocycles. The summed E-state index contributed by atoms with van der Waals surface area (Å²) in [5, 5.41) is 23.1. The molecule has 0 fully saturated rings. The lowest BCUT2D eigenvalue weighted by atomic mass is 10.2. The third kappa shape index (κ3) is 10.7. The molecule has 0 aliphatic heterocycles. The smallest absolute Gasteiger partial charge is 0.259 e. The fraction of sp³-hybridized carbons (Fsp3) is 0.500. The maximum absolute atomic E-state index is 10.9. The summed E-state index contributed by atoms with van der Waals surface area (Å²) >= 11 is 1.70. The summed E-state index contributed by atoms with van der Waals surface area (Å²) in [7, 11) is 3.99. The van der Waals surface area contributed by atoms with E-state index in [0.717, 1.165) is 35.1 Å². The molecule has 1 aromatic carbocycles. The monoisotopic (exact) mass is 464 g/mol. The highest BCUT2D eigenvalue weighted by atomic mass is 32.2. The minimum atomic E-state index is -0.384. The van der Waals surface area contributed by atoms with E-state index in [2.05, 4.69) is 15.2 Å². The SMILES string of the molecule is CN(C)Cc1ccc(CSCCNC(C[N+](=O)[O-])=NCCCOc2cccc(CO)c2)o1. The molecule has 0 amide bonds. The van der Waals surface area contributed by atoms with Gasteiger partial charge in [-0.05, 0) is 43.9 Å². The average Bonchev–Trinajstić information content (AvgIpc) is 3.19. The van der Waals surface area contributed by atoms with Gasteiger partial charge in [0.1, 0.15) is 17.3 Å². The maximum Gasteiger partial charge on any atom is 0.259 e. The molecule has 0 atom stereocenters. The summed E-state index contributed by atoms with van der Waals surface area (Å²) in [5.41, 5.74) is 0.789. The fourth-order valence-corrected chi connectivity index (χ4v) is 3.57. The summed E-state index contributed by atoms with van der Waals surface area (Å²) in [5.74, 6) is 4.47. The topological polar surface area (TPSA) is 113 Å². The highest BCUT2D eigenvalue weighted by Crippen LogP contribution is 2.16. The summed E-state index contributed by atoms with van der Waals surface area (Å²) in [6.07, 6.45) is 0.634. The van der Waals surface area contributed by atoms with E-state index in [-0.39, 0.29) is 18.1 Å². The van der Waals surface area contributed by atoms with Crippen LogP contribution >= 0.6 is 11.8 Å². The van der Waals surface area contributed by atoms with Gasteiger partial charge in [-0.3, -0.25) is 15.1 Å². The maximum atomic E-state index is 10.9. The van der Waals surface area contributed by atoms with Gasteiger partial charge in [-0.1, -0.05) is 12.1 Å². The van der Waals surface area contributed by atoms with Crippen molar-refractivity contribution in [2.45, 2.75) is 25.3 Å². The van der Waals surface area contributed by atoms with Gasteiger partial charge < -0.3 is 24.5 Å². The molecule has 2 N–H and O–H groups in total. The number of ether oxygens (including phenoxy) is 1. The quantitative estimate of drug-likeness (QED) is 0.136. The number of furan rings is 1. The second-order valence-electron chi connectivity index (χ2n) is 7.41. The van der Waals surface area contributed by atoms with Crippen LogP contribution in [-0.4, -0.2) is 66.9 Å². The first-order chi connectivity index (χ1) is 15.5. The Morgan fingerprint density at radius 1 is 1.31 bits per heavy atom. The molecule has 2 rings (SSSR count). The first-order valence-electron chi connectivity index (χ1n) is 10.5. The van der Waals surface area contributed by atoms with Crippen molar-refractivity contribution in [2.75, 3.05) is 46.1 Å². The van der Waals surface area contributed by atoms with E-state index in [0.29, 0.717) is 37.7 Å². The number of aliphatic hydroxyl groups excluding tert-OH is 1. The van der Waals surface area contributed by atoms with Gasteiger partial charge in [0.25, 0.3) is 6.54 Å². The number of aliphatic hydroxyl groups is 1. The Balaban J connectivity index is 1.66. The number of hydrogen-bond donors (Lipinski definition) is 2. The zero-order chi connectivity index (χ0) is 23.2. The van der Waals surface area contributed by atoms with Crippen LogP contribution in [0.4, 0.5) is 0 Å². The predicted molar refractivity (Wildman–Crippen MR) is 127 cm³/mol. The van der Waals surface area contributed by atoms with Crippen LogP contribution in [0.15, 0.2) is 45.8 Å². The normalized spacial score (nSPS) is 11.7. The molecule has 10 heteroatoms. The number of nitrogens with zero attached hydrogens (tertiary/aromatic N) is 3. The van der Waals surface area contributed by atoms with E-state index in [1.807, 2.05) is 44.4 Å². The third-order valence-electron chi connectivity index (χ3n) is 4.24. The van der Waals surface area contributed by atoms with Crippen molar-refractivity contribution in [1.82, 2.24) is 10.2 Å². The second kappa shape index (κ2) is 14.5. The molecule has 1 heterocycles. The number of rotatable bonds is 15. The highest BCUT2D eigenvalue weighted by molar-refractivity contribution is 7.98. The lowest BCUT2D eigenvalue weighted by Crippen LogP contribution is -2.32. The Morgan fingerprint density at radius 2 is 2.12 bits per heavy atom. The summed E-state index contributed by atoms with van der Waals surface area (Å²) in [4.78, 5) is 16.9. The van der Waals surface area contributed by atoms with Gasteiger partial charge in [0, 0.05) is 30.2 Å². The molecule has 0 saturated carbocycles. The molecule has 0 saturated heterocycles. The predicted octanol–water partition coefficient (Wildman–Crippen LogP) is 2.80. The molecule has 0 aliphatic carbocycles. The van der Waals surface area contributed by atoms with E-state index >= 15 is 0 Å². The number of benzene rings is 1. The Kier molecular flexibility index (Phi) is 11.6. The van der Waals surface area contributed by atoms with Gasteiger partial charge in [0.15, 0.2) is 5.84 Å². The van der Waals surface area contributed by atoms with Crippen molar-refractivity contribution in [1.29, 1.82) is 0 Å². The van der Waals surface area contributed by atoms with Crippen molar-refractivity contribution in [3.8, 4) is 5.75 Å². The molecular formula is C22H32N4O5S. The van der Waals surface area contributed by atoms with E-state index in [9.17, 15) is 10.1 Å². The van der Waals surface area contributed by atoms with Crippen LogP contribution in [0.25, 0.3) is 0 Å². The van der Waals surface area contributed by atoms with Gasteiger partial charge >= 0.3 is 0 Å². The molecule has 176 valence electrons. The molecular weight excluding hydrogens is 432 g/mol. The molecule has 0 radical (unpaired) electrons. The standard InChI is InChI=1S/C22H32N4O5S/c1-25(2)14-20-7-8-21(31-20)17-32-12-10-24-22(15-26(28)29)23-9-4-11-30-19-6-3-5-18(13-19)16-27/h3,5-8,13,27H,4,9-12,14-17H2,1-2H3,(H,23,24). The molecule has 2 aromatic rings.